The summed E-state index contributed by atoms with van der Waals surface area (Å²) in [5.41, 5.74) is 0.436. The molecule has 1 rings (SSSR count). The van der Waals surface area contributed by atoms with E-state index >= 15 is 0 Å². The maximum absolute atomic E-state index is 13.5. The van der Waals surface area contributed by atoms with Crippen LogP contribution in [0.4, 0.5) is 10.1 Å². The molecule has 1 atom stereocenters. The summed E-state index contributed by atoms with van der Waals surface area (Å²) < 4.78 is 18.4. The van der Waals surface area contributed by atoms with Crippen LogP contribution in [0.1, 0.15) is 13.3 Å². The van der Waals surface area contributed by atoms with E-state index in [1.165, 1.54) is 6.07 Å². The number of methoxy groups -OCH3 is 1. The van der Waals surface area contributed by atoms with Gasteiger partial charge in [-0.3, -0.25) is 0 Å². The minimum absolute atomic E-state index is 0.138. The van der Waals surface area contributed by atoms with Gasteiger partial charge in [-0.25, -0.2) is 4.39 Å². The molecule has 0 aliphatic carbocycles. The fourth-order valence-corrected chi connectivity index (χ4v) is 1.42. The maximum Gasteiger partial charge on any atom is 0.164 e. The zero-order valence-electron chi connectivity index (χ0n) is 8.89. The van der Waals surface area contributed by atoms with E-state index in [2.05, 4.69) is 5.32 Å². The molecular weight excluding hydrogens is 217 g/mol. The number of hydrogen-bond donors (Lipinski definition) is 1. The Morgan fingerprint density at radius 3 is 2.93 bits per heavy atom. The second kappa shape index (κ2) is 5.93. The number of rotatable bonds is 5. The molecule has 15 heavy (non-hydrogen) atoms. The second-order valence-electron chi connectivity index (χ2n) is 3.43. The fourth-order valence-electron chi connectivity index (χ4n) is 1.25. The molecular formula is C11H15ClFNO. The van der Waals surface area contributed by atoms with Gasteiger partial charge in [0.25, 0.3) is 0 Å². The first-order valence-corrected chi connectivity index (χ1v) is 5.22. The smallest absolute Gasteiger partial charge is 0.164 e. The monoisotopic (exact) mass is 231 g/mol. The highest BCUT2D eigenvalue weighted by Gasteiger charge is 2.08. The van der Waals surface area contributed by atoms with E-state index < -0.39 is 5.82 Å². The molecule has 0 heterocycles. The summed E-state index contributed by atoms with van der Waals surface area (Å²) in [5, 5.41) is 3.18. The first-order chi connectivity index (χ1) is 7.15. The molecule has 0 amide bonds. The molecule has 0 aromatic heterocycles. The van der Waals surface area contributed by atoms with Gasteiger partial charge in [-0.05, 0) is 25.5 Å². The molecule has 1 aromatic rings. The van der Waals surface area contributed by atoms with Crippen molar-refractivity contribution in [2.75, 3.05) is 19.0 Å². The van der Waals surface area contributed by atoms with Gasteiger partial charge in [0.2, 0.25) is 0 Å². The summed E-state index contributed by atoms with van der Waals surface area (Å²) in [4.78, 5) is 0. The van der Waals surface area contributed by atoms with E-state index in [9.17, 15) is 4.39 Å². The summed E-state index contributed by atoms with van der Waals surface area (Å²) in [6.07, 6.45) is 0.822. The number of anilines is 1. The van der Waals surface area contributed by atoms with Crippen molar-refractivity contribution in [1.29, 1.82) is 0 Å². The van der Waals surface area contributed by atoms with Gasteiger partial charge >= 0.3 is 0 Å². The molecule has 1 aromatic carbocycles. The van der Waals surface area contributed by atoms with Crippen LogP contribution < -0.4 is 5.32 Å². The maximum atomic E-state index is 13.5. The van der Waals surface area contributed by atoms with Gasteiger partial charge in [0.1, 0.15) is 0 Å². The lowest BCUT2D eigenvalue weighted by atomic mass is 10.2. The van der Waals surface area contributed by atoms with Crippen LogP contribution in [0.15, 0.2) is 18.2 Å². The minimum Gasteiger partial charge on any atom is -0.385 e. The SMILES string of the molecule is COCCC(C)Nc1cccc(Cl)c1F. The number of benzene rings is 1. The van der Waals surface area contributed by atoms with Crippen LogP contribution in [-0.2, 0) is 4.74 Å². The van der Waals surface area contributed by atoms with E-state index in [4.69, 9.17) is 16.3 Å². The lowest BCUT2D eigenvalue weighted by Crippen LogP contribution is -2.17. The number of ether oxygens (including phenoxy) is 1. The molecule has 0 radical (unpaired) electrons. The van der Waals surface area contributed by atoms with Gasteiger partial charge in [0, 0.05) is 19.8 Å². The molecule has 0 saturated heterocycles. The van der Waals surface area contributed by atoms with Gasteiger partial charge in [-0.15, -0.1) is 0 Å². The zero-order chi connectivity index (χ0) is 11.3. The Hall–Kier alpha value is -0.800. The first kappa shape index (κ1) is 12.3. The van der Waals surface area contributed by atoms with Crippen molar-refractivity contribution in [3.8, 4) is 0 Å². The van der Waals surface area contributed by atoms with E-state index in [0.717, 1.165) is 6.42 Å². The van der Waals surface area contributed by atoms with Gasteiger partial charge in [0.05, 0.1) is 10.7 Å². The summed E-state index contributed by atoms with van der Waals surface area (Å²) in [7, 11) is 1.65. The average Bonchev–Trinajstić information content (AvgIpc) is 2.22. The molecule has 0 aliphatic heterocycles. The molecule has 0 aliphatic rings. The lowest BCUT2D eigenvalue weighted by Gasteiger charge is -2.15. The Kier molecular flexibility index (Phi) is 4.85. The van der Waals surface area contributed by atoms with Gasteiger partial charge in [0.15, 0.2) is 5.82 Å². The Bertz CT molecular complexity index is 319. The molecule has 0 fully saturated rings. The van der Waals surface area contributed by atoms with Crippen molar-refractivity contribution in [2.45, 2.75) is 19.4 Å². The highest BCUT2D eigenvalue weighted by atomic mass is 35.5. The third kappa shape index (κ3) is 3.68. The van der Waals surface area contributed by atoms with Gasteiger partial charge < -0.3 is 10.1 Å². The lowest BCUT2D eigenvalue weighted by molar-refractivity contribution is 0.191. The molecule has 0 spiro atoms. The van der Waals surface area contributed by atoms with Gasteiger partial charge in [-0.1, -0.05) is 17.7 Å². The molecule has 0 saturated carbocycles. The molecule has 4 heteroatoms. The van der Waals surface area contributed by atoms with Crippen LogP contribution in [0, 0.1) is 5.82 Å². The third-order valence-corrected chi connectivity index (χ3v) is 2.40. The summed E-state index contributed by atoms with van der Waals surface area (Å²) in [5.74, 6) is -0.400. The molecule has 0 bridgehead atoms. The largest absolute Gasteiger partial charge is 0.385 e. The highest BCUT2D eigenvalue weighted by molar-refractivity contribution is 6.31. The predicted octanol–water partition coefficient (Wildman–Crippen LogP) is 3.32. The van der Waals surface area contributed by atoms with Crippen LogP contribution in [-0.4, -0.2) is 19.8 Å². The van der Waals surface area contributed by atoms with Crippen molar-refractivity contribution in [3.63, 3.8) is 0 Å². The minimum atomic E-state index is -0.400. The number of nitrogens with one attached hydrogen (secondary N) is 1. The summed E-state index contributed by atoms with van der Waals surface area (Å²) in [6, 6.07) is 5.07. The van der Waals surface area contributed by atoms with E-state index in [-0.39, 0.29) is 11.1 Å². The Morgan fingerprint density at radius 2 is 2.27 bits per heavy atom. The molecule has 84 valence electrons. The van der Waals surface area contributed by atoms with Crippen molar-refractivity contribution in [2.24, 2.45) is 0 Å². The standard InChI is InChI=1S/C11H15ClFNO/c1-8(6-7-15-2)14-10-5-3-4-9(12)11(10)13/h3-5,8,14H,6-7H2,1-2H3. The Labute approximate surface area is 94.4 Å². The highest BCUT2D eigenvalue weighted by Crippen LogP contribution is 2.22. The van der Waals surface area contributed by atoms with Crippen LogP contribution in [0.2, 0.25) is 5.02 Å². The van der Waals surface area contributed by atoms with Crippen LogP contribution in [0.5, 0.6) is 0 Å². The van der Waals surface area contributed by atoms with Crippen LogP contribution in [0.3, 0.4) is 0 Å². The van der Waals surface area contributed by atoms with Crippen LogP contribution >= 0.6 is 11.6 Å². The average molecular weight is 232 g/mol. The zero-order valence-corrected chi connectivity index (χ0v) is 9.64. The molecule has 2 nitrogen and oxygen atoms in total. The van der Waals surface area contributed by atoms with Crippen molar-refractivity contribution < 1.29 is 9.13 Å². The normalized spacial score (nSPS) is 12.5. The van der Waals surface area contributed by atoms with Crippen molar-refractivity contribution >= 4 is 17.3 Å². The van der Waals surface area contributed by atoms with Crippen molar-refractivity contribution in [3.05, 3.63) is 29.0 Å². The summed E-state index contributed by atoms with van der Waals surface area (Å²) in [6.45, 7) is 2.62. The number of hydrogen-bond acceptors (Lipinski definition) is 2. The van der Waals surface area contributed by atoms with E-state index in [1.54, 1.807) is 19.2 Å². The predicted molar refractivity (Wildman–Crippen MR) is 61.0 cm³/mol. The fraction of sp³-hybridized carbons (Fsp3) is 0.455. The van der Waals surface area contributed by atoms with Gasteiger partial charge in [-0.2, -0.15) is 0 Å². The number of halogens is 2. The Morgan fingerprint density at radius 1 is 1.53 bits per heavy atom. The quantitative estimate of drug-likeness (QED) is 0.840. The second-order valence-corrected chi connectivity index (χ2v) is 3.84. The topological polar surface area (TPSA) is 21.3 Å². The van der Waals surface area contributed by atoms with Crippen molar-refractivity contribution in [1.82, 2.24) is 0 Å². The first-order valence-electron chi connectivity index (χ1n) is 4.84. The molecule has 1 unspecified atom stereocenters. The Balaban J connectivity index is 2.60. The third-order valence-electron chi connectivity index (χ3n) is 2.11. The van der Waals surface area contributed by atoms with E-state index in [0.29, 0.717) is 12.3 Å². The summed E-state index contributed by atoms with van der Waals surface area (Å²) >= 11 is 5.66. The van der Waals surface area contributed by atoms with E-state index in [1.807, 2.05) is 6.92 Å². The van der Waals surface area contributed by atoms with Crippen LogP contribution in [0.25, 0.3) is 0 Å². The molecule has 1 N–H and O–H groups in total.